The van der Waals surface area contributed by atoms with E-state index in [0.717, 1.165) is 35.3 Å². The number of carboxylic acid groups (broad SMARTS) is 1. The van der Waals surface area contributed by atoms with E-state index in [1.165, 1.54) is 17.3 Å². The van der Waals surface area contributed by atoms with Crippen LogP contribution < -0.4 is 4.74 Å². The lowest BCUT2D eigenvalue weighted by atomic mass is 10.2. The minimum atomic E-state index is -0.863. The van der Waals surface area contributed by atoms with E-state index in [9.17, 15) is 4.79 Å². The summed E-state index contributed by atoms with van der Waals surface area (Å²) in [6.45, 7) is 2.70. The highest BCUT2D eigenvalue weighted by molar-refractivity contribution is 9.10. The molecular weight excluding hydrogens is 394 g/mol. The summed E-state index contributed by atoms with van der Waals surface area (Å²) in [5, 5.41) is 17.5. The fourth-order valence-corrected chi connectivity index (χ4v) is 3.30. The number of nitrogens with zero attached hydrogens (tertiary/aromatic N) is 3. The quantitative estimate of drug-likeness (QED) is 0.501. The molecule has 0 aliphatic heterocycles. The number of thioether (sulfide) groups is 1. The summed E-state index contributed by atoms with van der Waals surface area (Å²) in [6, 6.07) is 6.12. The molecule has 8 heteroatoms. The molecule has 0 aliphatic rings. The van der Waals surface area contributed by atoms with Crippen LogP contribution in [-0.4, -0.2) is 38.2 Å². The van der Waals surface area contributed by atoms with Crippen molar-refractivity contribution in [2.24, 2.45) is 7.05 Å². The number of carbonyl (C=O) groups is 1. The first kappa shape index (κ1) is 18.8. The van der Waals surface area contributed by atoms with E-state index in [0.29, 0.717) is 11.8 Å². The Labute approximate surface area is 153 Å². The van der Waals surface area contributed by atoms with Crippen LogP contribution in [0.25, 0.3) is 0 Å². The van der Waals surface area contributed by atoms with Crippen LogP contribution in [0, 0.1) is 0 Å². The van der Waals surface area contributed by atoms with Gasteiger partial charge in [-0.15, -0.1) is 10.2 Å². The van der Waals surface area contributed by atoms with E-state index >= 15 is 0 Å². The molecule has 6 nitrogen and oxygen atoms in total. The van der Waals surface area contributed by atoms with Crippen molar-refractivity contribution >= 4 is 33.7 Å². The Morgan fingerprint density at radius 2 is 2.21 bits per heavy atom. The number of hydrogen-bond acceptors (Lipinski definition) is 5. The number of ether oxygens (including phenoxy) is 1. The van der Waals surface area contributed by atoms with Crippen molar-refractivity contribution in [3.05, 3.63) is 34.1 Å². The second kappa shape index (κ2) is 9.08. The van der Waals surface area contributed by atoms with Crippen LogP contribution in [0.15, 0.2) is 27.8 Å². The number of aromatic nitrogens is 3. The van der Waals surface area contributed by atoms with Gasteiger partial charge in [0.15, 0.2) is 5.16 Å². The predicted molar refractivity (Wildman–Crippen MR) is 96.7 cm³/mol. The number of carboxylic acids is 1. The zero-order valence-electron chi connectivity index (χ0n) is 13.7. The lowest BCUT2D eigenvalue weighted by Crippen LogP contribution is -2.05. The Kier molecular flexibility index (Phi) is 7.11. The molecule has 0 bridgehead atoms. The van der Waals surface area contributed by atoms with E-state index in [1.807, 2.05) is 17.7 Å². The largest absolute Gasteiger partial charge is 0.492 e. The average Bonchev–Trinajstić information content (AvgIpc) is 2.91. The van der Waals surface area contributed by atoms with Gasteiger partial charge in [0, 0.05) is 13.5 Å². The summed E-state index contributed by atoms with van der Waals surface area (Å²) in [7, 11) is 1.85. The SMILES string of the molecule is CCc1ccc(OCCCc2nnc(SCC(=O)O)n2C)c(Br)c1. The molecule has 0 radical (unpaired) electrons. The zero-order chi connectivity index (χ0) is 17.5. The molecule has 2 aromatic rings. The third-order valence-electron chi connectivity index (χ3n) is 3.46. The van der Waals surface area contributed by atoms with Gasteiger partial charge in [-0.05, 0) is 46.5 Å². The third kappa shape index (κ3) is 5.24. The third-order valence-corrected chi connectivity index (χ3v) is 5.08. The lowest BCUT2D eigenvalue weighted by Gasteiger charge is -2.09. The summed E-state index contributed by atoms with van der Waals surface area (Å²) >= 11 is 4.70. The summed E-state index contributed by atoms with van der Waals surface area (Å²) in [5.74, 6) is 0.781. The normalized spacial score (nSPS) is 10.8. The van der Waals surface area contributed by atoms with Gasteiger partial charge in [-0.3, -0.25) is 4.79 Å². The molecule has 1 aromatic heterocycles. The second-order valence-electron chi connectivity index (χ2n) is 5.21. The summed E-state index contributed by atoms with van der Waals surface area (Å²) in [6.07, 6.45) is 2.52. The molecule has 24 heavy (non-hydrogen) atoms. The first-order valence-electron chi connectivity index (χ1n) is 7.65. The summed E-state index contributed by atoms with van der Waals surface area (Å²) in [4.78, 5) is 10.6. The monoisotopic (exact) mass is 413 g/mol. The van der Waals surface area contributed by atoms with Gasteiger partial charge in [0.25, 0.3) is 0 Å². The number of aliphatic carboxylic acids is 1. The van der Waals surface area contributed by atoms with Gasteiger partial charge in [0.1, 0.15) is 11.6 Å². The molecule has 1 heterocycles. The van der Waals surface area contributed by atoms with Crippen molar-refractivity contribution in [2.75, 3.05) is 12.4 Å². The fourth-order valence-electron chi connectivity index (χ4n) is 2.11. The molecule has 0 saturated heterocycles. The summed E-state index contributed by atoms with van der Waals surface area (Å²) < 4.78 is 8.59. The topological polar surface area (TPSA) is 77.2 Å². The highest BCUT2D eigenvalue weighted by Crippen LogP contribution is 2.26. The highest BCUT2D eigenvalue weighted by atomic mass is 79.9. The van der Waals surface area contributed by atoms with Crippen LogP contribution in [0.5, 0.6) is 5.75 Å². The number of hydrogen-bond donors (Lipinski definition) is 1. The molecule has 2 rings (SSSR count). The van der Waals surface area contributed by atoms with Crippen LogP contribution in [-0.2, 0) is 24.7 Å². The maximum absolute atomic E-state index is 10.6. The standard InChI is InChI=1S/C16H20BrN3O3S/c1-3-11-6-7-13(12(17)9-11)23-8-4-5-14-18-19-16(20(14)2)24-10-15(21)22/h6-7,9H,3-5,8,10H2,1-2H3,(H,21,22). The minimum Gasteiger partial charge on any atom is -0.492 e. The predicted octanol–water partition coefficient (Wildman–Crippen LogP) is 3.33. The van der Waals surface area contributed by atoms with Crippen molar-refractivity contribution in [2.45, 2.75) is 31.3 Å². The Morgan fingerprint density at radius 3 is 2.88 bits per heavy atom. The van der Waals surface area contributed by atoms with Crippen LogP contribution >= 0.6 is 27.7 Å². The molecule has 0 aliphatic carbocycles. The first-order chi connectivity index (χ1) is 11.5. The molecule has 1 aromatic carbocycles. The van der Waals surface area contributed by atoms with Gasteiger partial charge in [0.2, 0.25) is 0 Å². The van der Waals surface area contributed by atoms with Crippen molar-refractivity contribution < 1.29 is 14.6 Å². The highest BCUT2D eigenvalue weighted by Gasteiger charge is 2.11. The van der Waals surface area contributed by atoms with Gasteiger partial charge in [-0.25, -0.2) is 0 Å². The smallest absolute Gasteiger partial charge is 0.313 e. The van der Waals surface area contributed by atoms with Crippen LogP contribution in [0.1, 0.15) is 24.7 Å². The van der Waals surface area contributed by atoms with Gasteiger partial charge in [-0.1, -0.05) is 24.8 Å². The molecule has 130 valence electrons. The molecule has 0 amide bonds. The molecule has 1 N–H and O–H groups in total. The fraction of sp³-hybridized carbons (Fsp3) is 0.438. The molecule has 0 unspecified atom stereocenters. The van der Waals surface area contributed by atoms with Gasteiger partial charge in [0.05, 0.1) is 16.8 Å². The van der Waals surface area contributed by atoms with Crippen molar-refractivity contribution in [1.29, 1.82) is 0 Å². The van der Waals surface area contributed by atoms with Gasteiger partial charge >= 0.3 is 5.97 Å². The van der Waals surface area contributed by atoms with E-state index in [2.05, 4.69) is 45.2 Å². The number of halogens is 1. The first-order valence-corrected chi connectivity index (χ1v) is 9.43. The van der Waals surface area contributed by atoms with E-state index in [-0.39, 0.29) is 5.75 Å². The molecular formula is C16H20BrN3O3S. The van der Waals surface area contributed by atoms with E-state index in [1.54, 1.807) is 0 Å². The minimum absolute atomic E-state index is 0.0170. The van der Waals surface area contributed by atoms with Crippen LogP contribution in [0.3, 0.4) is 0 Å². The molecule has 0 fully saturated rings. The lowest BCUT2D eigenvalue weighted by molar-refractivity contribution is -0.133. The van der Waals surface area contributed by atoms with Crippen molar-refractivity contribution in [1.82, 2.24) is 14.8 Å². The van der Waals surface area contributed by atoms with Gasteiger partial charge < -0.3 is 14.4 Å². The zero-order valence-corrected chi connectivity index (χ0v) is 16.1. The van der Waals surface area contributed by atoms with Gasteiger partial charge in [-0.2, -0.15) is 0 Å². The maximum Gasteiger partial charge on any atom is 0.313 e. The Bertz CT molecular complexity index is 706. The Hall–Kier alpha value is -1.54. The Balaban J connectivity index is 1.81. The molecule has 0 spiro atoms. The maximum atomic E-state index is 10.6. The van der Waals surface area contributed by atoms with Crippen molar-refractivity contribution in [3.63, 3.8) is 0 Å². The number of aryl methyl sites for hydroxylation is 2. The molecule has 0 atom stereocenters. The summed E-state index contributed by atoms with van der Waals surface area (Å²) in [5.41, 5.74) is 1.26. The average molecular weight is 414 g/mol. The van der Waals surface area contributed by atoms with Crippen LogP contribution in [0.2, 0.25) is 0 Å². The second-order valence-corrected chi connectivity index (χ2v) is 7.01. The number of benzene rings is 1. The van der Waals surface area contributed by atoms with Crippen molar-refractivity contribution in [3.8, 4) is 5.75 Å². The molecule has 0 saturated carbocycles. The van der Waals surface area contributed by atoms with E-state index in [4.69, 9.17) is 9.84 Å². The Morgan fingerprint density at radius 1 is 1.42 bits per heavy atom. The number of rotatable bonds is 9. The van der Waals surface area contributed by atoms with E-state index < -0.39 is 5.97 Å². The van der Waals surface area contributed by atoms with Crippen LogP contribution in [0.4, 0.5) is 0 Å².